The van der Waals surface area contributed by atoms with Gasteiger partial charge in [0.25, 0.3) is 0 Å². The van der Waals surface area contributed by atoms with E-state index in [0.29, 0.717) is 0 Å². The van der Waals surface area contributed by atoms with Gasteiger partial charge >= 0.3 is 0 Å². The highest BCUT2D eigenvalue weighted by Gasteiger charge is 2.34. The normalized spacial score (nSPS) is 25.4. The van der Waals surface area contributed by atoms with Crippen molar-refractivity contribution in [1.82, 2.24) is 0 Å². The third kappa shape index (κ3) is 1.05. The fourth-order valence-electron chi connectivity index (χ4n) is 0.718. The SMILES string of the molecule is C=C1C(F)=C(F)C(F)=C(F)C1F. The molecule has 0 saturated heterocycles. The fourth-order valence-corrected chi connectivity index (χ4v) is 0.718. The molecule has 0 aromatic rings. The van der Waals surface area contributed by atoms with Crippen LogP contribution in [0.5, 0.6) is 0 Å². The van der Waals surface area contributed by atoms with E-state index in [1.165, 1.54) is 0 Å². The second kappa shape index (κ2) is 2.73. The van der Waals surface area contributed by atoms with Crippen LogP contribution in [0.4, 0.5) is 22.0 Å². The number of rotatable bonds is 0. The van der Waals surface area contributed by atoms with Gasteiger partial charge in [-0.2, -0.15) is 0 Å². The van der Waals surface area contributed by atoms with Crippen LogP contribution in [0.2, 0.25) is 0 Å². The minimum absolute atomic E-state index is 1.04. The maximum Gasteiger partial charge on any atom is 0.197 e. The summed E-state index contributed by atoms with van der Waals surface area (Å²) in [6.45, 7) is 2.72. The molecule has 0 saturated carbocycles. The van der Waals surface area contributed by atoms with Gasteiger partial charge in [-0.1, -0.05) is 6.58 Å². The third-order valence-electron chi connectivity index (χ3n) is 1.41. The number of hydrogen-bond acceptors (Lipinski definition) is 0. The van der Waals surface area contributed by atoms with Crippen molar-refractivity contribution >= 4 is 0 Å². The molecule has 0 bridgehead atoms. The van der Waals surface area contributed by atoms with Crippen molar-refractivity contribution in [1.29, 1.82) is 0 Å². The number of hydrogen-bond donors (Lipinski definition) is 0. The quantitative estimate of drug-likeness (QED) is 0.504. The van der Waals surface area contributed by atoms with Crippen molar-refractivity contribution in [3.63, 3.8) is 0 Å². The summed E-state index contributed by atoms with van der Waals surface area (Å²) in [6, 6.07) is 0. The first kappa shape index (κ1) is 8.96. The van der Waals surface area contributed by atoms with Crippen LogP contribution in [0.15, 0.2) is 35.5 Å². The molecule has 1 aliphatic carbocycles. The lowest BCUT2D eigenvalue weighted by molar-refractivity contribution is 0.323. The zero-order valence-corrected chi connectivity index (χ0v) is 5.67. The van der Waals surface area contributed by atoms with Crippen LogP contribution >= 0.6 is 0 Å². The highest BCUT2D eigenvalue weighted by molar-refractivity contribution is 5.45. The van der Waals surface area contributed by atoms with E-state index < -0.39 is 35.1 Å². The van der Waals surface area contributed by atoms with E-state index in [4.69, 9.17) is 0 Å². The molecular formula is C7H3F5. The summed E-state index contributed by atoms with van der Waals surface area (Å²) < 4.78 is 61.5. The Hall–Kier alpha value is -1.13. The molecule has 1 unspecified atom stereocenters. The summed E-state index contributed by atoms with van der Waals surface area (Å²) in [6.07, 6.45) is -2.62. The highest BCUT2D eigenvalue weighted by atomic mass is 19.2. The first-order chi connectivity index (χ1) is 5.46. The lowest BCUT2D eigenvalue weighted by Gasteiger charge is -2.13. The Labute approximate surface area is 64.7 Å². The Morgan fingerprint density at radius 2 is 1.42 bits per heavy atom. The van der Waals surface area contributed by atoms with Crippen molar-refractivity contribution in [3.05, 3.63) is 35.5 Å². The van der Waals surface area contributed by atoms with Gasteiger partial charge in [0.2, 0.25) is 0 Å². The van der Waals surface area contributed by atoms with Crippen LogP contribution in [-0.2, 0) is 0 Å². The average molecular weight is 182 g/mol. The smallest absolute Gasteiger partial charge is 0.197 e. The molecule has 0 radical (unpaired) electrons. The molecule has 66 valence electrons. The van der Waals surface area contributed by atoms with Crippen LogP contribution in [0.1, 0.15) is 0 Å². The first-order valence-electron chi connectivity index (χ1n) is 2.91. The van der Waals surface area contributed by atoms with Gasteiger partial charge < -0.3 is 0 Å². The molecule has 0 spiro atoms. The van der Waals surface area contributed by atoms with Gasteiger partial charge in [-0.15, -0.1) is 0 Å². The van der Waals surface area contributed by atoms with E-state index >= 15 is 0 Å². The molecule has 5 heteroatoms. The van der Waals surface area contributed by atoms with Crippen molar-refractivity contribution < 1.29 is 22.0 Å². The Morgan fingerprint density at radius 3 is 1.92 bits per heavy atom. The number of halogens is 5. The van der Waals surface area contributed by atoms with Crippen molar-refractivity contribution in [3.8, 4) is 0 Å². The molecular weight excluding hydrogens is 179 g/mol. The lowest BCUT2D eigenvalue weighted by Crippen LogP contribution is -2.12. The number of allylic oxidation sites excluding steroid dienone is 5. The summed E-state index contributed by atoms with van der Waals surface area (Å²) in [4.78, 5) is 0. The van der Waals surface area contributed by atoms with E-state index in [-0.39, 0.29) is 0 Å². The van der Waals surface area contributed by atoms with Crippen LogP contribution in [-0.4, -0.2) is 6.17 Å². The van der Waals surface area contributed by atoms with Crippen LogP contribution < -0.4 is 0 Å². The van der Waals surface area contributed by atoms with Gasteiger partial charge in [0.05, 0.1) is 0 Å². The van der Waals surface area contributed by atoms with Gasteiger partial charge in [-0.3, -0.25) is 0 Å². The van der Waals surface area contributed by atoms with Crippen LogP contribution in [0.25, 0.3) is 0 Å². The largest absolute Gasteiger partial charge is 0.234 e. The highest BCUT2D eigenvalue weighted by Crippen LogP contribution is 2.37. The molecule has 0 heterocycles. The maximum atomic E-state index is 12.4. The van der Waals surface area contributed by atoms with Crippen molar-refractivity contribution in [2.75, 3.05) is 0 Å². The van der Waals surface area contributed by atoms with Crippen molar-refractivity contribution in [2.24, 2.45) is 0 Å². The summed E-state index contributed by atoms with van der Waals surface area (Å²) in [5.41, 5.74) is -1.04. The van der Waals surface area contributed by atoms with E-state index in [2.05, 4.69) is 6.58 Å². The van der Waals surface area contributed by atoms with Gasteiger partial charge in [0.15, 0.2) is 29.5 Å². The zero-order chi connectivity index (χ0) is 9.46. The predicted octanol–water partition coefficient (Wildman–Crippen LogP) is 3.20. The molecule has 0 aromatic carbocycles. The van der Waals surface area contributed by atoms with Gasteiger partial charge in [0, 0.05) is 5.57 Å². The Balaban J connectivity index is 3.27. The maximum absolute atomic E-state index is 12.4. The molecule has 1 atom stereocenters. The fraction of sp³-hybridized carbons (Fsp3) is 0.143. The van der Waals surface area contributed by atoms with E-state index in [1.807, 2.05) is 0 Å². The summed E-state index contributed by atoms with van der Waals surface area (Å²) in [5, 5.41) is 0. The van der Waals surface area contributed by atoms with E-state index in [9.17, 15) is 22.0 Å². The van der Waals surface area contributed by atoms with Gasteiger partial charge in [0.1, 0.15) is 0 Å². The summed E-state index contributed by atoms with van der Waals surface area (Å²) >= 11 is 0. The summed E-state index contributed by atoms with van der Waals surface area (Å²) in [7, 11) is 0. The molecule has 12 heavy (non-hydrogen) atoms. The third-order valence-corrected chi connectivity index (χ3v) is 1.41. The predicted molar refractivity (Wildman–Crippen MR) is 32.5 cm³/mol. The molecule has 0 aliphatic heterocycles. The zero-order valence-electron chi connectivity index (χ0n) is 5.67. The second-order valence-corrected chi connectivity index (χ2v) is 2.18. The van der Waals surface area contributed by atoms with E-state index in [1.54, 1.807) is 0 Å². The molecule has 0 amide bonds. The molecule has 1 aliphatic rings. The minimum Gasteiger partial charge on any atom is -0.234 e. The second-order valence-electron chi connectivity index (χ2n) is 2.18. The van der Waals surface area contributed by atoms with E-state index in [0.717, 1.165) is 0 Å². The first-order valence-corrected chi connectivity index (χ1v) is 2.91. The molecule has 0 N–H and O–H groups in total. The average Bonchev–Trinajstić information content (AvgIpc) is 2.08. The van der Waals surface area contributed by atoms with Crippen LogP contribution in [0, 0.1) is 0 Å². The Bertz CT molecular complexity index is 299. The monoisotopic (exact) mass is 182 g/mol. The summed E-state index contributed by atoms with van der Waals surface area (Å²) in [5.74, 6) is -7.92. The van der Waals surface area contributed by atoms with Crippen LogP contribution in [0.3, 0.4) is 0 Å². The Morgan fingerprint density at radius 1 is 0.917 bits per heavy atom. The molecule has 0 aromatic heterocycles. The van der Waals surface area contributed by atoms with Crippen molar-refractivity contribution in [2.45, 2.75) is 6.17 Å². The number of alkyl halides is 1. The Kier molecular flexibility index (Phi) is 2.04. The lowest BCUT2D eigenvalue weighted by atomic mass is 10.0. The standard InChI is InChI=1S/C7H3F5/c1-2-3(8)5(10)7(12)6(11)4(2)9/h3H,1H2. The molecule has 0 nitrogen and oxygen atoms in total. The molecule has 1 rings (SSSR count). The van der Waals surface area contributed by atoms with Gasteiger partial charge in [-0.05, 0) is 0 Å². The van der Waals surface area contributed by atoms with Gasteiger partial charge in [-0.25, -0.2) is 22.0 Å². The topological polar surface area (TPSA) is 0 Å². The minimum atomic E-state index is -2.62. The molecule has 0 fully saturated rings.